The van der Waals surface area contributed by atoms with Crippen LogP contribution in [0.15, 0.2) is 0 Å². The largest absolute Gasteiger partial charge is 0.397 e. The van der Waals surface area contributed by atoms with E-state index in [4.69, 9.17) is 9.66 Å². The van der Waals surface area contributed by atoms with E-state index in [1.165, 1.54) is 6.92 Å². The third-order valence-electron chi connectivity index (χ3n) is 4.21. The van der Waals surface area contributed by atoms with E-state index in [9.17, 15) is 39.1 Å². The summed E-state index contributed by atoms with van der Waals surface area (Å²) in [4.78, 5) is 0. The van der Waals surface area contributed by atoms with Crippen LogP contribution in [0.5, 0.6) is 0 Å². The maximum Gasteiger partial charge on any atom is 0.397 e. The van der Waals surface area contributed by atoms with Crippen molar-refractivity contribution in [3.63, 3.8) is 0 Å². The fourth-order valence-electron chi connectivity index (χ4n) is 2.84. The van der Waals surface area contributed by atoms with Crippen LogP contribution in [0.3, 0.4) is 0 Å². The zero-order chi connectivity index (χ0) is 20.2. The Kier molecular flexibility index (Phi) is 9.16. The van der Waals surface area contributed by atoms with Crippen LogP contribution in [0, 0.1) is 0 Å². The second-order valence-corrected chi connectivity index (χ2v) is 9.50. The lowest BCUT2D eigenvalue weighted by Gasteiger charge is -2.29. The molecule has 0 saturated carbocycles. The van der Waals surface area contributed by atoms with Crippen molar-refractivity contribution in [1.29, 1.82) is 0 Å². The summed E-state index contributed by atoms with van der Waals surface area (Å²) in [6.45, 7) is 0.792. The van der Waals surface area contributed by atoms with Crippen molar-refractivity contribution < 1.29 is 52.9 Å². The van der Waals surface area contributed by atoms with Gasteiger partial charge in [-0.25, -0.2) is 4.18 Å². The summed E-state index contributed by atoms with van der Waals surface area (Å²) in [5.74, 6) is -0.353. The molecule has 26 heavy (non-hydrogen) atoms. The first-order chi connectivity index (χ1) is 11.9. The standard InChI is InChI=1S/C13H26O11S2/c1-2-6(15)10(19)12(24-26(21,22)23)9(18)5-25-4-8(17)11(20)13(25)7(16)3-14/h6-20H,2-5H2,1H3/p+1/t6-,7-,8+,9+,10-,11+,12-,13-,25?/m1/s1. The molecule has 0 spiro atoms. The predicted molar refractivity (Wildman–Crippen MR) is 90.7 cm³/mol. The van der Waals surface area contributed by atoms with Gasteiger partial charge in [0.15, 0.2) is 5.25 Å². The fraction of sp³-hybridized carbons (Fsp3) is 1.00. The fourth-order valence-corrected chi connectivity index (χ4v) is 6.32. The SMILES string of the molecule is CC[C@@H](O)[C@@H](O)[C@H](OS(=O)(=O)O)[C@@H](O)C[S+]1C[C@H](O)[C@H](O)[C@H]1[C@H](O)CO. The third kappa shape index (κ3) is 6.24. The van der Waals surface area contributed by atoms with Gasteiger partial charge in [-0.1, -0.05) is 6.92 Å². The van der Waals surface area contributed by atoms with Crippen molar-refractivity contribution in [1.82, 2.24) is 0 Å². The summed E-state index contributed by atoms with van der Waals surface area (Å²) in [6, 6.07) is 0. The molecule has 156 valence electrons. The van der Waals surface area contributed by atoms with Crippen LogP contribution < -0.4 is 0 Å². The highest BCUT2D eigenvalue weighted by Crippen LogP contribution is 2.29. The van der Waals surface area contributed by atoms with Crippen LogP contribution in [0.2, 0.25) is 0 Å². The molecular weight excluding hydrogens is 396 g/mol. The minimum atomic E-state index is -5.06. The topological polar surface area (TPSA) is 205 Å². The lowest BCUT2D eigenvalue weighted by atomic mass is 10.0. The number of aliphatic hydroxyl groups excluding tert-OH is 7. The van der Waals surface area contributed by atoms with Crippen molar-refractivity contribution in [3.8, 4) is 0 Å². The second kappa shape index (κ2) is 9.93. The number of aliphatic hydroxyl groups is 7. The lowest BCUT2D eigenvalue weighted by Crippen LogP contribution is -2.51. The Morgan fingerprint density at radius 3 is 2.19 bits per heavy atom. The predicted octanol–water partition coefficient (Wildman–Crippen LogP) is -4.26. The third-order valence-corrected chi connectivity index (χ3v) is 7.58. The van der Waals surface area contributed by atoms with Gasteiger partial charge in [-0.15, -0.1) is 0 Å². The van der Waals surface area contributed by atoms with Crippen LogP contribution in [0.1, 0.15) is 13.3 Å². The Bertz CT molecular complexity index is 530. The van der Waals surface area contributed by atoms with Crippen molar-refractivity contribution in [2.75, 3.05) is 18.1 Å². The number of rotatable bonds is 10. The molecule has 0 aliphatic carbocycles. The van der Waals surface area contributed by atoms with Crippen LogP contribution >= 0.6 is 0 Å². The first kappa shape index (κ1) is 24.0. The second-order valence-electron chi connectivity index (χ2n) is 6.17. The molecule has 1 rings (SSSR count). The molecular formula is C13H27O11S2+. The van der Waals surface area contributed by atoms with Crippen LogP contribution in [-0.4, -0.2) is 115 Å². The van der Waals surface area contributed by atoms with Gasteiger partial charge in [0.05, 0.1) is 12.7 Å². The minimum Gasteiger partial charge on any atom is -0.393 e. The molecule has 1 heterocycles. The van der Waals surface area contributed by atoms with E-state index < -0.39 is 75.9 Å². The molecule has 1 aliphatic heterocycles. The average Bonchev–Trinajstić information content (AvgIpc) is 2.83. The maximum atomic E-state index is 11.0. The van der Waals surface area contributed by atoms with Crippen molar-refractivity contribution in [3.05, 3.63) is 0 Å². The monoisotopic (exact) mass is 423 g/mol. The highest BCUT2D eigenvalue weighted by molar-refractivity contribution is 7.97. The van der Waals surface area contributed by atoms with Crippen LogP contribution in [-0.2, 0) is 25.5 Å². The molecule has 0 radical (unpaired) electrons. The normalized spacial score (nSPS) is 32.8. The number of hydrogen-bond acceptors (Lipinski definition) is 10. The van der Waals surface area contributed by atoms with Gasteiger partial charge in [0, 0.05) is 10.9 Å². The summed E-state index contributed by atoms with van der Waals surface area (Å²) < 4.78 is 35.2. The molecule has 0 aromatic carbocycles. The van der Waals surface area contributed by atoms with E-state index >= 15 is 0 Å². The van der Waals surface area contributed by atoms with Crippen LogP contribution in [0.4, 0.5) is 0 Å². The zero-order valence-electron chi connectivity index (χ0n) is 14.1. The highest BCUT2D eigenvalue weighted by atomic mass is 32.3. The van der Waals surface area contributed by atoms with Crippen molar-refractivity contribution in [2.45, 2.75) is 61.3 Å². The van der Waals surface area contributed by atoms with E-state index in [0.29, 0.717) is 0 Å². The first-order valence-electron chi connectivity index (χ1n) is 7.94. The van der Waals surface area contributed by atoms with Gasteiger partial charge in [0.25, 0.3) is 0 Å². The summed E-state index contributed by atoms with van der Waals surface area (Å²) in [7, 11) is -6.14. The summed E-state index contributed by atoms with van der Waals surface area (Å²) in [5, 5.41) is 67.7. The Balaban J connectivity index is 2.98. The molecule has 0 amide bonds. The summed E-state index contributed by atoms with van der Waals surface area (Å²) in [6.07, 6.45) is -10.9. The van der Waals surface area contributed by atoms with E-state index in [2.05, 4.69) is 4.18 Å². The molecule has 0 aromatic heterocycles. The molecule has 1 saturated heterocycles. The molecule has 0 aromatic rings. The lowest BCUT2D eigenvalue weighted by molar-refractivity contribution is -0.0887. The first-order valence-corrected chi connectivity index (χ1v) is 10.9. The van der Waals surface area contributed by atoms with Gasteiger partial charge in [0.1, 0.15) is 48.1 Å². The van der Waals surface area contributed by atoms with Gasteiger partial charge in [0.2, 0.25) is 0 Å². The molecule has 9 atom stereocenters. The Morgan fingerprint density at radius 1 is 1.15 bits per heavy atom. The van der Waals surface area contributed by atoms with E-state index in [1.54, 1.807) is 0 Å². The zero-order valence-corrected chi connectivity index (χ0v) is 15.7. The van der Waals surface area contributed by atoms with E-state index in [0.717, 1.165) is 0 Å². The molecule has 13 heteroatoms. The Hall–Kier alpha value is -0.0600. The van der Waals surface area contributed by atoms with Crippen molar-refractivity contribution in [2.24, 2.45) is 0 Å². The van der Waals surface area contributed by atoms with Gasteiger partial charge in [-0.05, 0) is 6.42 Å². The van der Waals surface area contributed by atoms with Gasteiger partial charge in [-0.3, -0.25) is 4.55 Å². The van der Waals surface area contributed by atoms with Gasteiger partial charge < -0.3 is 35.7 Å². The van der Waals surface area contributed by atoms with Gasteiger partial charge in [-0.2, -0.15) is 8.42 Å². The molecule has 8 N–H and O–H groups in total. The minimum absolute atomic E-state index is 0.00815. The van der Waals surface area contributed by atoms with E-state index in [1.807, 2.05) is 0 Å². The summed E-state index contributed by atoms with van der Waals surface area (Å²) >= 11 is 0. The maximum absolute atomic E-state index is 11.0. The molecule has 11 nitrogen and oxygen atoms in total. The molecule has 1 fully saturated rings. The van der Waals surface area contributed by atoms with Crippen molar-refractivity contribution >= 4 is 21.3 Å². The quantitative estimate of drug-likeness (QED) is 0.125. The molecule has 1 unspecified atom stereocenters. The van der Waals surface area contributed by atoms with Gasteiger partial charge >= 0.3 is 10.4 Å². The Morgan fingerprint density at radius 2 is 1.73 bits per heavy atom. The average molecular weight is 423 g/mol. The number of hydrogen-bond donors (Lipinski definition) is 8. The summed E-state index contributed by atoms with van der Waals surface area (Å²) in [5.41, 5.74) is 0. The molecule has 1 aliphatic rings. The van der Waals surface area contributed by atoms with E-state index in [-0.39, 0.29) is 17.9 Å². The molecule has 0 bridgehead atoms. The van der Waals surface area contributed by atoms with Crippen LogP contribution in [0.25, 0.3) is 0 Å². The highest BCUT2D eigenvalue weighted by Gasteiger charge is 2.54. The smallest absolute Gasteiger partial charge is 0.393 e. The Labute approximate surface area is 154 Å².